The maximum atomic E-state index is 13.1. The standard InChI is InChI=1S/C27H27N3O2/c1-3-32-25-15-9-8-14-24(25)29-18-21(16-26(29)31)27-28-22-12-6-7-13-23(22)30(27)17-20-11-5-4-10-19(20)2/h4-15,21H,3,16-18H2,1-2H3. The molecule has 5 nitrogen and oxygen atoms in total. The number of hydrogen-bond donors (Lipinski definition) is 0. The Morgan fingerprint density at radius 1 is 1.00 bits per heavy atom. The van der Waals surface area contributed by atoms with Crippen molar-refractivity contribution in [3.63, 3.8) is 0 Å². The minimum absolute atomic E-state index is 0.0219. The van der Waals surface area contributed by atoms with Crippen LogP contribution >= 0.6 is 0 Å². The Labute approximate surface area is 188 Å². The molecule has 1 atom stereocenters. The molecule has 0 bridgehead atoms. The molecule has 0 aliphatic carbocycles. The quantitative estimate of drug-likeness (QED) is 0.420. The summed E-state index contributed by atoms with van der Waals surface area (Å²) < 4.78 is 8.07. The van der Waals surface area contributed by atoms with Crippen LogP contribution in [0.2, 0.25) is 0 Å². The maximum absolute atomic E-state index is 13.1. The monoisotopic (exact) mass is 425 g/mol. The molecule has 1 amide bonds. The highest BCUT2D eigenvalue weighted by Crippen LogP contribution is 2.37. The maximum Gasteiger partial charge on any atom is 0.227 e. The molecule has 0 spiro atoms. The largest absolute Gasteiger partial charge is 0.492 e. The van der Waals surface area contributed by atoms with Crippen molar-refractivity contribution in [2.75, 3.05) is 18.1 Å². The van der Waals surface area contributed by atoms with Gasteiger partial charge in [-0.25, -0.2) is 4.98 Å². The van der Waals surface area contributed by atoms with E-state index in [1.807, 2.05) is 54.3 Å². The molecule has 1 fully saturated rings. The molecule has 1 aliphatic rings. The third-order valence-electron chi connectivity index (χ3n) is 6.22. The fourth-order valence-corrected chi connectivity index (χ4v) is 4.60. The number of anilines is 1. The number of hydrogen-bond acceptors (Lipinski definition) is 3. The lowest BCUT2D eigenvalue weighted by Crippen LogP contribution is -2.25. The summed E-state index contributed by atoms with van der Waals surface area (Å²) in [6, 6.07) is 24.4. The van der Waals surface area contributed by atoms with E-state index in [-0.39, 0.29) is 11.8 Å². The van der Waals surface area contributed by atoms with E-state index in [9.17, 15) is 4.79 Å². The smallest absolute Gasteiger partial charge is 0.227 e. The zero-order valence-corrected chi connectivity index (χ0v) is 18.5. The Hall–Kier alpha value is -3.60. The summed E-state index contributed by atoms with van der Waals surface area (Å²) in [5.74, 6) is 1.85. The van der Waals surface area contributed by atoms with Crippen molar-refractivity contribution in [3.8, 4) is 5.75 Å². The second-order valence-corrected chi connectivity index (χ2v) is 8.28. The summed E-state index contributed by atoms with van der Waals surface area (Å²) in [4.78, 5) is 19.9. The second-order valence-electron chi connectivity index (χ2n) is 8.28. The van der Waals surface area contributed by atoms with E-state index in [0.29, 0.717) is 19.6 Å². The number of aromatic nitrogens is 2. The van der Waals surface area contributed by atoms with Gasteiger partial charge in [-0.3, -0.25) is 4.79 Å². The molecule has 4 aromatic rings. The molecule has 162 valence electrons. The lowest BCUT2D eigenvalue weighted by atomic mass is 10.1. The Bertz CT molecular complexity index is 1280. The first-order valence-electron chi connectivity index (χ1n) is 11.2. The SMILES string of the molecule is CCOc1ccccc1N1CC(c2nc3ccccc3n2Cc2ccccc2C)CC1=O. The lowest BCUT2D eigenvalue weighted by molar-refractivity contribution is -0.117. The summed E-state index contributed by atoms with van der Waals surface area (Å²) in [7, 11) is 0. The number of para-hydroxylation sites is 4. The topological polar surface area (TPSA) is 47.4 Å². The van der Waals surface area contributed by atoms with Crippen LogP contribution in [0.1, 0.15) is 36.2 Å². The summed E-state index contributed by atoms with van der Waals surface area (Å²) >= 11 is 0. The summed E-state index contributed by atoms with van der Waals surface area (Å²) in [5.41, 5.74) is 5.43. The van der Waals surface area contributed by atoms with Crippen LogP contribution in [0.25, 0.3) is 11.0 Å². The van der Waals surface area contributed by atoms with Crippen LogP contribution in [0.15, 0.2) is 72.8 Å². The molecular formula is C27H27N3O2. The molecule has 0 saturated carbocycles. The molecule has 1 aliphatic heterocycles. The highest BCUT2D eigenvalue weighted by Gasteiger charge is 2.36. The Balaban J connectivity index is 1.53. The predicted molar refractivity (Wildman–Crippen MR) is 127 cm³/mol. The van der Waals surface area contributed by atoms with Gasteiger partial charge in [-0.05, 0) is 49.2 Å². The summed E-state index contributed by atoms with van der Waals surface area (Å²) in [5, 5.41) is 0. The minimum Gasteiger partial charge on any atom is -0.492 e. The third-order valence-corrected chi connectivity index (χ3v) is 6.22. The highest BCUT2D eigenvalue weighted by molar-refractivity contribution is 5.97. The van der Waals surface area contributed by atoms with E-state index in [2.05, 4.69) is 41.8 Å². The number of imidazole rings is 1. The van der Waals surface area contributed by atoms with Crippen molar-refractivity contribution >= 4 is 22.6 Å². The number of ether oxygens (including phenoxy) is 1. The van der Waals surface area contributed by atoms with Gasteiger partial charge in [0.1, 0.15) is 11.6 Å². The Morgan fingerprint density at radius 2 is 1.75 bits per heavy atom. The van der Waals surface area contributed by atoms with E-state index < -0.39 is 0 Å². The zero-order valence-electron chi connectivity index (χ0n) is 18.5. The number of rotatable bonds is 6. The van der Waals surface area contributed by atoms with Gasteiger partial charge >= 0.3 is 0 Å². The van der Waals surface area contributed by atoms with Crippen LogP contribution in [-0.2, 0) is 11.3 Å². The van der Waals surface area contributed by atoms with E-state index >= 15 is 0 Å². The van der Waals surface area contributed by atoms with Crippen LogP contribution < -0.4 is 9.64 Å². The molecule has 0 N–H and O–H groups in total. The molecule has 1 aromatic heterocycles. The molecule has 0 radical (unpaired) electrons. The number of aryl methyl sites for hydroxylation is 1. The van der Waals surface area contributed by atoms with Gasteiger partial charge in [0.15, 0.2) is 0 Å². The molecule has 32 heavy (non-hydrogen) atoms. The van der Waals surface area contributed by atoms with Gasteiger partial charge in [0.25, 0.3) is 0 Å². The first kappa shape index (κ1) is 20.3. The van der Waals surface area contributed by atoms with E-state index in [0.717, 1.165) is 34.8 Å². The number of fused-ring (bicyclic) bond motifs is 1. The normalized spacial score (nSPS) is 16.1. The summed E-state index contributed by atoms with van der Waals surface area (Å²) in [6.45, 7) is 6.00. The average Bonchev–Trinajstić information content (AvgIpc) is 3.36. The Kier molecular flexibility index (Phi) is 5.39. The van der Waals surface area contributed by atoms with Crippen LogP contribution in [0.5, 0.6) is 5.75 Å². The van der Waals surface area contributed by atoms with Crippen LogP contribution in [0, 0.1) is 6.92 Å². The van der Waals surface area contributed by atoms with Crippen LogP contribution in [0.3, 0.4) is 0 Å². The number of carbonyl (C=O) groups excluding carboxylic acids is 1. The Morgan fingerprint density at radius 3 is 2.59 bits per heavy atom. The van der Waals surface area contributed by atoms with Gasteiger partial charge in [-0.2, -0.15) is 0 Å². The van der Waals surface area contributed by atoms with Gasteiger partial charge in [0, 0.05) is 25.4 Å². The number of nitrogens with zero attached hydrogens (tertiary/aromatic N) is 3. The first-order chi connectivity index (χ1) is 15.7. The molecule has 1 unspecified atom stereocenters. The second kappa shape index (κ2) is 8.50. The molecule has 3 aromatic carbocycles. The minimum atomic E-state index is 0.0219. The van der Waals surface area contributed by atoms with Gasteiger partial charge in [-0.1, -0.05) is 48.5 Å². The van der Waals surface area contributed by atoms with Gasteiger partial charge < -0.3 is 14.2 Å². The highest BCUT2D eigenvalue weighted by atomic mass is 16.5. The van der Waals surface area contributed by atoms with Crippen molar-refractivity contribution in [2.45, 2.75) is 32.7 Å². The molecule has 1 saturated heterocycles. The molecule has 2 heterocycles. The van der Waals surface area contributed by atoms with Crippen molar-refractivity contribution in [1.82, 2.24) is 9.55 Å². The fourth-order valence-electron chi connectivity index (χ4n) is 4.60. The van der Waals surface area contributed by atoms with E-state index in [4.69, 9.17) is 9.72 Å². The third kappa shape index (κ3) is 3.64. The number of benzene rings is 3. The van der Waals surface area contributed by atoms with E-state index in [1.165, 1.54) is 11.1 Å². The molecule has 5 heteroatoms. The van der Waals surface area contributed by atoms with Crippen molar-refractivity contribution in [1.29, 1.82) is 0 Å². The predicted octanol–water partition coefficient (Wildman–Crippen LogP) is 5.31. The summed E-state index contributed by atoms with van der Waals surface area (Å²) in [6.07, 6.45) is 0.442. The molecule has 5 rings (SSSR count). The van der Waals surface area contributed by atoms with Crippen molar-refractivity contribution < 1.29 is 9.53 Å². The number of amides is 1. The number of carbonyl (C=O) groups is 1. The van der Waals surface area contributed by atoms with Gasteiger partial charge in [0.2, 0.25) is 5.91 Å². The van der Waals surface area contributed by atoms with Gasteiger partial charge in [-0.15, -0.1) is 0 Å². The molecular weight excluding hydrogens is 398 g/mol. The van der Waals surface area contributed by atoms with Crippen molar-refractivity contribution in [2.24, 2.45) is 0 Å². The fraction of sp³-hybridized carbons (Fsp3) is 0.259. The van der Waals surface area contributed by atoms with Crippen LogP contribution in [-0.4, -0.2) is 28.6 Å². The van der Waals surface area contributed by atoms with Crippen LogP contribution in [0.4, 0.5) is 5.69 Å². The van der Waals surface area contributed by atoms with E-state index in [1.54, 1.807) is 0 Å². The first-order valence-corrected chi connectivity index (χ1v) is 11.2. The van der Waals surface area contributed by atoms with Gasteiger partial charge in [0.05, 0.1) is 23.3 Å². The zero-order chi connectivity index (χ0) is 22.1. The lowest BCUT2D eigenvalue weighted by Gasteiger charge is -2.20. The average molecular weight is 426 g/mol. The van der Waals surface area contributed by atoms with Crippen molar-refractivity contribution in [3.05, 3.63) is 89.7 Å².